The lowest BCUT2D eigenvalue weighted by Crippen LogP contribution is -2.58. The molecule has 136 valence electrons. The van der Waals surface area contributed by atoms with Crippen LogP contribution in [-0.2, 0) is 0 Å². The van der Waals surface area contributed by atoms with E-state index in [1.54, 1.807) is 0 Å². The second-order valence-electron chi connectivity index (χ2n) is 8.37. The lowest BCUT2D eigenvalue weighted by atomic mass is 9.34. The van der Waals surface area contributed by atoms with Crippen LogP contribution in [0.5, 0.6) is 11.5 Å². The van der Waals surface area contributed by atoms with E-state index in [0.717, 1.165) is 11.5 Å². The SMILES string of the molecule is Cc1ccc2c(c1)c1cc(C)cc3c1n2-c1cccc2c1B3c1ccccc1O2. The Hall–Kier alpha value is -3.46. The summed E-state index contributed by atoms with van der Waals surface area (Å²) in [6.45, 7) is 4.58. The molecule has 7 rings (SSSR count). The first kappa shape index (κ1) is 15.5. The average Bonchev–Trinajstić information content (AvgIpc) is 3.04. The van der Waals surface area contributed by atoms with Crippen LogP contribution in [0.1, 0.15) is 11.1 Å². The molecule has 5 aromatic rings. The molecular weight excluding hydrogens is 353 g/mol. The van der Waals surface area contributed by atoms with Crippen molar-refractivity contribution in [1.82, 2.24) is 4.57 Å². The smallest absolute Gasteiger partial charge is 0.256 e. The Balaban J connectivity index is 1.76. The minimum atomic E-state index is 0.200. The normalized spacial score (nSPS) is 13.4. The van der Waals surface area contributed by atoms with Crippen LogP contribution in [0.15, 0.2) is 72.8 Å². The van der Waals surface area contributed by atoms with Crippen LogP contribution in [0.3, 0.4) is 0 Å². The predicted octanol–water partition coefficient (Wildman–Crippen LogP) is 4.34. The number of aryl methyl sites for hydroxylation is 2. The molecule has 0 saturated carbocycles. The third-order valence-electron chi connectivity index (χ3n) is 6.52. The highest BCUT2D eigenvalue weighted by Gasteiger charge is 2.40. The molecule has 3 heterocycles. The molecule has 2 nitrogen and oxygen atoms in total. The maximum Gasteiger partial charge on any atom is 0.256 e. The molecular formula is C26H18BNO. The Morgan fingerprint density at radius 2 is 1.55 bits per heavy atom. The average molecular weight is 371 g/mol. The fourth-order valence-electron chi connectivity index (χ4n) is 5.43. The van der Waals surface area contributed by atoms with Crippen molar-refractivity contribution in [1.29, 1.82) is 0 Å². The van der Waals surface area contributed by atoms with E-state index >= 15 is 0 Å². The van der Waals surface area contributed by atoms with Crippen molar-refractivity contribution in [3.05, 3.63) is 83.9 Å². The van der Waals surface area contributed by atoms with Crippen molar-refractivity contribution in [2.75, 3.05) is 0 Å². The van der Waals surface area contributed by atoms with Gasteiger partial charge in [-0.05, 0) is 66.6 Å². The fourth-order valence-corrected chi connectivity index (χ4v) is 5.43. The maximum atomic E-state index is 6.36. The van der Waals surface area contributed by atoms with Gasteiger partial charge in [-0.25, -0.2) is 0 Å². The molecule has 0 atom stereocenters. The summed E-state index contributed by atoms with van der Waals surface area (Å²) in [5, 5.41) is 2.68. The molecule has 0 amide bonds. The van der Waals surface area contributed by atoms with Crippen LogP contribution in [-0.4, -0.2) is 11.3 Å². The number of rotatable bonds is 0. The van der Waals surface area contributed by atoms with Crippen molar-refractivity contribution in [3.8, 4) is 17.2 Å². The molecule has 29 heavy (non-hydrogen) atoms. The maximum absolute atomic E-state index is 6.36. The van der Waals surface area contributed by atoms with Crippen molar-refractivity contribution in [3.63, 3.8) is 0 Å². The van der Waals surface area contributed by atoms with Crippen molar-refractivity contribution < 1.29 is 4.74 Å². The van der Waals surface area contributed by atoms with Gasteiger partial charge in [0.2, 0.25) is 0 Å². The summed E-state index contributed by atoms with van der Waals surface area (Å²) < 4.78 is 8.81. The van der Waals surface area contributed by atoms with Crippen LogP contribution in [0.4, 0.5) is 0 Å². The molecule has 2 aliphatic heterocycles. The lowest BCUT2D eigenvalue weighted by Gasteiger charge is -2.33. The first-order chi connectivity index (χ1) is 14.2. The van der Waals surface area contributed by atoms with Gasteiger partial charge in [-0.1, -0.05) is 47.5 Å². The van der Waals surface area contributed by atoms with E-state index in [0.29, 0.717) is 0 Å². The van der Waals surface area contributed by atoms with Gasteiger partial charge in [0.25, 0.3) is 6.71 Å². The molecule has 3 heteroatoms. The minimum absolute atomic E-state index is 0.200. The number of ether oxygens (including phenoxy) is 1. The van der Waals surface area contributed by atoms with Crippen molar-refractivity contribution >= 4 is 44.9 Å². The Bertz CT molecular complexity index is 1510. The van der Waals surface area contributed by atoms with Crippen LogP contribution < -0.4 is 21.1 Å². The Morgan fingerprint density at radius 3 is 2.48 bits per heavy atom. The Morgan fingerprint density at radius 1 is 0.724 bits per heavy atom. The molecule has 0 unspecified atom stereocenters. The number of fused-ring (bicyclic) bond motifs is 7. The highest BCUT2D eigenvalue weighted by Crippen LogP contribution is 2.37. The van der Waals surface area contributed by atoms with Crippen molar-refractivity contribution in [2.45, 2.75) is 13.8 Å². The van der Waals surface area contributed by atoms with Gasteiger partial charge in [0.05, 0.1) is 5.52 Å². The predicted molar refractivity (Wildman–Crippen MR) is 121 cm³/mol. The van der Waals surface area contributed by atoms with E-state index in [-0.39, 0.29) is 6.71 Å². The van der Waals surface area contributed by atoms with Gasteiger partial charge in [0.15, 0.2) is 0 Å². The van der Waals surface area contributed by atoms with Gasteiger partial charge in [0.1, 0.15) is 11.5 Å². The van der Waals surface area contributed by atoms with Gasteiger partial charge in [-0.15, -0.1) is 0 Å². The minimum Gasteiger partial charge on any atom is -0.458 e. The van der Waals surface area contributed by atoms with E-state index in [4.69, 9.17) is 4.74 Å². The van der Waals surface area contributed by atoms with Gasteiger partial charge >= 0.3 is 0 Å². The van der Waals surface area contributed by atoms with Crippen LogP contribution in [0.2, 0.25) is 0 Å². The summed E-state index contributed by atoms with van der Waals surface area (Å²) in [4.78, 5) is 0. The van der Waals surface area contributed by atoms with Crippen LogP contribution >= 0.6 is 0 Å². The third kappa shape index (κ3) is 1.83. The molecule has 0 bridgehead atoms. The largest absolute Gasteiger partial charge is 0.458 e. The van der Waals surface area contributed by atoms with Gasteiger partial charge in [-0.3, -0.25) is 0 Å². The first-order valence-electron chi connectivity index (χ1n) is 10.2. The summed E-state index contributed by atoms with van der Waals surface area (Å²) in [5.41, 5.74) is 10.4. The van der Waals surface area contributed by atoms with Crippen molar-refractivity contribution in [2.24, 2.45) is 0 Å². The number of para-hydroxylation sites is 1. The Kier molecular flexibility index (Phi) is 2.73. The fraction of sp³-hybridized carbons (Fsp3) is 0.0769. The molecule has 1 aromatic heterocycles. The molecule has 0 radical (unpaired) electrons. The molecule has 0 saturated heterocycles. The zero-order chi connectivity index (χ0) is 19.3. The first-order valence-corrected chi connectivity index (χ1v) is 10.2. The zero-order valence-electron chi connectivity index (χ0n) is 16.4. The molecule has 4 aromatic carbocycles. The topological polar surface area (TPSA) is 14.2 Å². The van der Waals surface area contributed by atoms with E-state index < -0.39 is 0 Å². The molecule has 0 fully saturated rings. The summed E-state index contributed by atoms with van der Waals surface area (Å²) >= 11 is 0. The highest BCUT2D eigenvalue weighted by atomic mass is 16.5. The number of nitrogens with zero attached hydrogens (tertiary/aromatic N) is 1. The molecule has 0 N–H and O–H groups in total. The summed E-state index contributed by atoms with van der Waals surface area (Å²) in [7, 11) is 0. The van der Waals surface area contributed by atoms with Crippen LogP contribution in [0.25, 0.3) is 27.5 Å². The van der Waals surface area contributed by atoms with E-state index in [1.807, 2.05) is 0 Å². The van der Waals surface area contributed by atoms with E-state index in [2.05, 4.69) is 91.2 Å². The summed E-state index contributed by atoms with van der Waals surface area (Å²) in [6.07, 6.45) is 0. The summed E-state index contributed by atoms with van der Waals surface area (Å²) in [5.74, 6) is 1.94. The zero-order valence-corrected chi connectivity index (χ0v) is 16.4. The Labute approximate surface area is 169 Å². The van der Waals surface area contributed by atoms with Crippen LogP contribution in [0, 0.1) is 13.8 Å². The van der Waals surface area contributed by atoms with E-state index in [1.165, 1.54) is 55.0 Å². The van der Waals surface area contributed by atoms with Gasteiger partial charge < -0.3 is 9.30 Å². The van der Waals surface area contributed by atoms with Gasteiger partial charge in [-0.2, -0.15) is 0 Å². The number of hydrogen-bond donors (Lipinski definition) is 0. The number of hydrogen-bond acceptors (Lipinski definition) is 1. The van der Waals surface area contributed by atoms with E-state index in [9.17, 15) is 0 Å². The molecule has 0 aliphatic carbocycles. The molecule has 0 spiro atoms. The number of aromatic nitrogens is 1. The van der Waals surface area contributed by atoms with Gasteiger partial charge in [0, 0.05) is 22.0 Å². The third-order valence-corrected chi connectivity index (χ3v) is 6.52. The second kappa shape index (κ2) is 5.12. The second-order valence-corrected chi connectivity index (χ2v) is 8.37. The monoisotopic (exact) mass is 371 g/mol. The molecule has 2 aliphatic rings. The highest BCUT2D eigenvalue weighted by molar-refractivity contribution is 6.99. The lowest BCUT2D eigenvalue weighted by molar-refractivity contribution is 0.487. The standard InChI is InChI=1S/C26H18BNO/c1-15-10-11-21-17(12-15)18-13-16(2)14-20-26(18)28(21)22-7-5-9-24-25(22)27(20)19-6-3-4-8-23(19)29-24/h3-14H,1-2H3. The summed E-state index contributed by atoms with van der Waals surface area (Å²) in [6, 6.07) is 26.5. The quantitative estimate of drug-likeness (QED) is 0.362. The number of benzene rings is 4.